The van der Waals surface area contributed by atoms with Crippen LogP contribution in [0.2, 0.25) is 0 Å². The molecule has 1 atom stereocenters. The molecule has 3 aliphatic heterocycles. The van der Waals surface area contributed by atoms with E-state index in [1.165, 1.54) is 5.56 Å². The van der Waals surface area contributed by atoms with Crippen LogP contribution in [0.4, 0.5) is 11.6 Å². The monoisotopic (exact) mass is 619 g/mol. The van der Waals surface area contributed by atoms with Crippen LogP contribution >= 0.6 is 22.6 Å². The van der Waals surface area contributed by atoms with Crippen molar-refractivity contribution in [2.24, 2.45) is 4.99 Å². The SMILES string of the molecule is Nc1nc(N)c(C(=O)/N=C2\NCC3(CCN(C(=O)C4CN(Cc5ccccc5)CCO4)CC3)N2)nc1I. The van der Waals surface area contributed by atoms with E-state index in [9.17, 15) is 9.59 Å². The molecule has 12 nitrogen and oxygen atoms in total. The average Bonchev–Trinajstić information content (AvgIpc) is 3.28. The third kappa shape index (κ3) is 5.78. The number of hydrogen-bond donors (Lipinski definition) is 4. The molecule has 6 N–H and O–H groups in total. The van der Waals surface area contributed by atoms with Crippen LogP contribution in [0.3, 0.4) is 0 Å². The standard InChI is InChI=1S/C24H30IN9O3/c25-18-20(27)30-19(26)17(29-18)21(35)31-23-28-14-24(32-23)6-8-34(9-7-24)22(36)16-13-33(10-11-37-16)12-15-4-2-1-3-5-15/h1-5,16H,6-14H2,(H4,26,27,30)(H2,28,31,32,35). The topological polar surface area (TPSA) is 164 Å². The number of hydrogen-bond acceptors (Lipinski definition) is 8. The number of guanidine groups is 1. The Morgan fingerprint density at radius 3 is 2.65 bits per heavy atom. The summed E-state index contributed by atoms with van der Waals surface area (Å²) in [7, 11) is 0. The van der Waals surface area contributed by atoms with E-state index >= 15 is 0 Å². The second-order valence-corrected chi connectivity index (χ2v) is 10.6. The Bertz CT molecular complexity index is 1200. The first-order chi connectivity index (χ1) is 17.8. The van der Waals surface area contributed by atoms with Crippen LogP contribution in [0.5, 0.6) is 0 Å². The van der Waals surface area contributed by atoms with Crippen molar-refractivity contribution in [1.82, 2.24) is 30.4 Å². The number of carbonyl (C=O) groups is 2. The van der Waals surface area contributed by atoms with Crippen LogP contribution in [0.15, 0.2) is 35.3 Å². The van der Waals surface area contributed by atoms with Crippen molar-refractivity contribution in [2.75, 3.05) is 50.8 Å². The summed E-state index contributed by atoms with van der Waals surface area (Å²) in [5.41, 5.74) is 12.4. The van der Waals surface area contributed by atoms with E-state index in [1.54, 1.807) is 0 Å². The third-order valence-electron chi connectivity index (χ3n) is 7.01. The van der Waals surface area contributed by atoms with Gasteiger partial charge in [0.25, 0.3) is 5.91 Å². The maximum absolute atomic E-state index is 13.2. The molecule has 2 amide bonds. The molecule has 196 valence electrons. The lowest BCUT2D eigenvalue weighted by molar-refractivity contribution is -0.151. The van der Waals surface area contributed by atoms with Crippen molar-refractivity contribution in [2.45, 2.75) is 31.0 Å². The Morgan fingerprint density at radius 1 is 1.14 bits per heavy atom. The normalized spacial score (nSPS) is 22.6. The number of nitrogens with two attached hydrogens (primary N) is 2. The molecular weight excluding hydrogens is 589 g/mol. The maximum atomic E-state index is 13.2. The molecular formula is C24H30IN9O3. The number of ether oxygens (including phenoxy) is 1. The second-order valence-electron chi connectivity index (χ2n) is 9.56. The van der Waals surface area contributed by atoms with Gasteiger partial charge in [0.2, 0.25) is 0 Å². The minimum atomic E-state index is -0.600. The summed E-state index contributed by atoms with van der Waals surface area (Å²) in [4.78, 5) is 42.2. The zero-order valence-corrected chi connectivity index (χ0v) is 22.5. The highest BCUT2D eigenvalue weighted by atomic mass is 127. The number of aliphatic imine (C=N–C) groups is 1. The minimum absolute atomic E-state index is 0.0367. The summed E-state index contributed by atoms with van der Waals surface area (Å²) in [6.07, 6.45) is 0.993. The lowest BCUT2D eigenvalue weighted by atomic mass is 9.88. The van der Waals surface area contributed by atoms with Crippen molar-refractivity contribution < 1.29 is 14.3 Å². The van der Waals surface area contributed by atoms with Gasteiger partial charge in [0.05, 0.1) is 12.1 Å². The molecule has 1 aromatic carbocycles. The van der Waals surface area contributed by atoms with Crippen molar-refractivity contribution >= 4 is 52.0 Å². The molecule has 13 heteroatoms. The van der Waals surface area contributed by atoms with Crippen LogP contribution in [-0.2, 0) is 16.1 Å². The van der Waals surface area contributed by atoms with Crippen LogP contribution in [0, 0.1) is 3.70 Å². The highest BCUT2D eigenvalue weighted by Gasteiger charge is 2.42. The minimum Gasteiger partial charge on any atom is -0.382 e. The van der Waals surface area contributed by atoms with Crippen molar-refractivity contribution in [1.29, 1.82) is 0 Å². The Kier molecular flexibility index (Phi) is 7.44. The summed E-state index contributed by atoms with van der Waals surface area (Å²) in [6, 6.07) is 10.3. The fourth-order valence-corrected chi connectivity index (χ4v) is 5.27. The van der Waals surface area contributed by atoms with E-state index in [0.717, 1.165) is 25.9 Å². The summed E-state index contributed by atoms with van der Waals surface area (Å²) in [6.45, 7) is 4.55. The second kappa shape index (κ2) is 10.8. The number of morpholine rings is 1. The summed E-state index contributed by atoms with van der Waals surface area (Å²) in [5, 5.41) is 6.52. The third-order valence-corrected chi connectivity index (χ3v) is 7.80. The number of piperidine rings is 1. The molecule has 3 fully saturated rings. The smallest absolute Gasteiger partial charge is 0.302 e. The van der Waals surface area contributed by atoms with E-state index in [-0.39, 0.29) is 28.8 Å². The van der Waals surface area contributed by atoms with Crippen molar-refractivity contribution in [3.05, 3.63) is 45.3 Å². The van der Waals surface area contributed by atoms with Gasteiger partial charge in [-0.05, 0) is 41.0 Å². The zero-order valence-electron chi connectivity index (χ0n) is 20.3. The molecule has 3 saturated heterocycles. The quantitative estimate of drug-likeness (QED) is 0.348. The number of rotatable bonds is 4. The summed E-state index contributed by atoms with van der Waals surface area (Å²) in [5.74, 6) is -0.0852. The van der Waals surface area contributed by atoms with Crippen LogP contribution < -0.4 is 22.1 Å². The number of nitrogen functional groups attached to an aromatic ring is 2. The molecule has 3 aliphatic rings. The highest BCUT2D eigenvalue weighted by molar-refractivity contribution is 14.1. The lowest BCUT2D eigenvalue weighted by Crippen LogP contribution is -2.57. The number of amides is 2. The van der Waals surface area contributed by atoms with Gasteiger partial charge in [-0.3, -0.25) is 14.5 Å². The number of anilines is 2. The van der Waals surface area contributed by atoms with Crippen LogP contribution in [0.25, 0.3) is 0 Å². The van der Waals surface area contributed by atoms with Crippen molar-refractivity contribution in [3.8, 4) is 0 Å². The first kappa shape index (κ1) is 25.6. The van der Waals surface area contributed by atoms with E-state index in [0.29, 0.717) is 42.4 Å². The Morgan fingerprint density at radius 2 is 1.89 bits per heavy atom. The van der Waals surface area contributed by atoms with Crippen LogP contribution in [0.1, 0.15) is 28.9 Å². The number of carbonyl (C=O) groups excluding carboxylic acids is 2. The number of halogens is 1. The number of nitrogens with one attached hydrogen (secondary N) is 2. The largest absolute Gasteiger partial charge is 0.382 e. The molecule has 0 radical (unpaired) electrons. The van der Waals surface area contributed by atoms with Gasteiger partial charge in [-0.15, -0.1) is 0 Å². The van der Waals surface area contributed by atoms with Crippen LogP contribution in [-0.4, -0.2) is 88.5 Å². The van der Waals surface area contributed by atoms with E-state index in [2.05, 4.69) is 42.6 Å². The summed E-state index contributed by atoms with van der Waals surface area (Å²) < 4.78 is 6.25. The number of benzene rings is 1. The molecule has 1 unspecified atom stereocenters. The zero-order chi connectivity index (χ0) is 26.0. The maximum Gasteiger partial charge on any atom is 0.302 e. The fraction of sp³-hybridized carbons (Fsp3) is 0.458. The molecule has 1 aromatic heterocycles. The predicted octanol–water partition coefficient (Wildman–Crippen LogP) is 0.197. The molecule has 5 rings (SSSR count). The number of aromatic nitrogens is 2. The number of nitrogens with zero attached hydrogens (tertiary/aromatic N) is 5. The molecule has 37 heavy (non-hydrogen) atoms. The van der Waals surface area contributed by atoms with Crippen molar-refractivity contribution in [3.63, 3.8) is 0 Å². The van der Waals surface area contributed by atoms with Gasteiger partial charge in [0.15, 0.2) is 23.3 Å². The van der Waals surface area contributed by atoms with E-state index in [4.69, 9.17) is 16.2 Å². The molecule has 0 saturated carbocycles. The lowest BCUT2D eigenvalue weighted by Gasteiger charge is -2.41. The summed E-state index contributed by atoms with van der Waals surface area (Å²) >= 11 is 1.89. The van der Waals surface area contributed by atoms with Gasteiger partial charge in [0.1, 0.15) is 9.80 Å². The molecule has 1 spiro atoms. The number of likely N-dealkylation sites (tertiary alicyclic amines) is 1. The van der Waals surface area contributed by atoms with E-state index in [1.807, 2.05) is 45.7 Å². The van der Waals surface area contributed by atoms with Gasteiger partial charge < -0.3 is 31.7 Å². The fourth-order valence-electron chi connectivity index (χ4n) is 4.91. The Hall–Kier alpha value is -3.04. The molecule has 0 aliphatic carbocycles. The average molecular weight is 619 g/mol. The highest BCUT2D eigenvalue weighted by Crippen LogP contribution is 2.26. The molecule has 0 bridgehead atoms. The van der Waals surface area contributed by atoms with Gasteiger partial charge >= 0.3 is 5.91 Å². The predicted molar refractivity (Wildman–Crippen MR) is 146 cm³/mol. The molecule has 2 aromatic rings. The van der Waals surface area contributed by atoms with E-state index < -0.39 is 12.0 Å². The van der Waals surface area contributed by atoms with Gasteiger partial charge in [-0.25, -0.2) is 9.97 Å². The van der Waals surface area contributed by atoms with Gasteiger partial charge in [-0.1, -0.05) is 30.3 Å². The first-order valence-corrected chi connectivity index (χ1v) is 13.3. The first-order valence-electron chi connectivity index (χ1n) is 12.2. The Balaban J connectivity index is 1.15. The molecule has 4 heterocycles. The van der Waals surface area contributed by atoms with Gasteiger partial charge in [0, 0.05) is 39.3 Å². The Labute approximate surface area is 228 Å². The van der Waals surface area contributed by atoms with Gasteiger partial charge in [-0.2, -0.15) is 4.99 Å².